The molecule has 2 nitrogen and oxygen atoms in total. The molecule has 0 bridgehead atoms. The average Bonchev–Trinajstić information content (AvgIpc) is 2.68. The molecule has 1 aliphatic carbocycles. The zero-order chi connectivity index (χ0) is 7.56. The minimum atomic E-state index is 0.329. The average molecular weight is 143 g/mol. The smallest absolute Gasteiger partial charge is 0.0558 e. The molecule has 0 aromatic rings. The summed E-state index contributed by atoms with van der Waals surface area (Å²) < 4.78 is 5.12. The standard InChI is InChI=1S/C8H17NO/c1-6(10-2)5-8(9)7-3-4-7/h6-8H,3-5,9H2,1-2H3. The van der Waals surface area contributed by atoms with Crippen molar-refractivity contribution in [2.75, 3.05) is 7.11 Å². The lowest BCUT2D eigenvalue weighted by Gasteiger charge is -2.14. The Morgan fingerprint density at radius 2 is 2.20 bits per heavy atom. The summed E-state index contributed by atoms with van der Waals surface area (Å²) in [5.41, 5.74) is 5.88. The molecule has 1 saturated carbocycles. The third-order valence-electron chi connectivity index (χ3n) is 2.23. The molecule has 0 amide bonds. The largest absolute Gasteiger partial charge is 0.382 e. The summed E-state index contributed by atoms with van der Waals surface area (Å²) >= 11 is 0. The second-order valence-electron chi connectivity index (χ2n) is 3.28. The Morgan fingerprint density at radius 1 is 1.60 bits per heavy atom. The molecule has 1 aliphatic rings. The van der Waals surface area contributed by atoms with Gasteiger partial charge in [-0.1, -0.05) is 0 Å². The normalized spacial score (nSPS) is 24.3. The highest BCUT2D eigenvalue weighted by Gasteiger charge is 2.29. The summed E-state index contributed by atoms with van der Waals surface area (Å²) in [7, 11) is 1.74. The molecule has 2 heteroatoms. The van der Waals surface area contributed by atoms with Crippen molar-refractivity contribution >= 4 is 0 Å². The minimum absolute atomic E-state index is 0.329. The number of methoxy groups -OCH3 is 1. The van der Waals surface area contributed by atoms with Gasteiger partial charge in [0.05, 0.1) is 6.10 Å². The van der Waals surface area contributed by atoms with Crippen molar-refractivity contribution in [3.8, 4) is 0 Å². The lowest BCUT2D eigenvalue weighted by molar-refractivity contribution is 0.102. The van der Waals surface area contributed by atoms with Gasteiger partial charge in [-0.3, -0.25) is 0 Å². The van der Waals surface area contributed by atoms with Crippen molar-refractivity contribution in [2.45, 2.75) is 38.3 Å². The van der Waals surface area contributed by atoms with Crippen LogP contribution in [-0.4, -0.2) is 19.3 Å². The van der Waals surface area contributed by atoms with Crippen LogP contribution in [-0.2, 0) is 4.74 Å². The molecule has 0 heterocycles. The van der Waals surface area contributed by atoms with Gasteiger partial charge in [0.25, 0.3) is 0 Å². The Hall–Kier alpha value is -0.0800. The molecule has 0 aromatic carbocycles. The maximum Gasteiger partial charge on any atom is 0.0558 e. The van der Waals surface area contributed by atoms with E-state index in [1.807, 2.05) is 0 Å². The van der Waals surface area contributed by atoms with Crippen molar-refractivity contribution in [1.82, 2.24) is 0 Å². The fraction of sp³-hybridized carbons (Fsp3) is 1.00. The Kier molecular flexibility index (Phi) is 2.69. The van der Waals surface area contributed by atoms with Gasteiger partial charge in [0.15, 0.2) is 0 Å². The maximum atomic E-state index is 5.88. The topological polar surface area (TPSA) is 35.2 Å². The van der Waals surface area contributed by atoms with Gasteiger partial charge in [-0.25, -0.2) is 0 Å². The predicted octanol–water partition coefficient (Wildman–Crippen LogP) is 1.15. The molecular formula is C8H17NO. The zero-order valence-corrected chi connectivity index (χ0v) is 6.84. The first kappa shape index (κ1) is 8.02. The molecular weight excluding hydrogens is 126 g/mol. The van der Waals surface area contributed by atoms with Gasteiger partial charge in [-0.05, 0) is 32.1 Å². The number of nitrogens with two attached hydrogens (primary N) is 1. The van der Waals surface area contributed by atoms with Crippen LogP contribution in [0.1, 0.15) is 26.2 Å². The summed E-state index contributed by atoms with van der Waals surface area (Å²) in [6.45, 7) is 2.07. The third kappa shape index (κ3) is 2.27. The highest BCUT2D eigenvalue weighted by atomic mass is 16.5. The first-order valence-electron chi connectivity index (χ1n) is 4.02. The van der Waals surface area contributed by atoms with Crippen LogP contribution in [0.15, 0.2) is 0 Å². The van der Waals surface area contributed by atoms with Crippen LogP contribution in [0.3, 0.4) is 0 Å². The second-order valence-corrected chi connectivity index (χ2v) is 3.28. The Balaban J connectivity index is 2.10. The van der Waals surface area contributed by atoms with E-state index in [9.17, 15) is 0 Å². The Bertz CT molecular complexity index is 101. The molecule has 60 valence electrons. The summed E-state index contributed by atoms with van der Waals surface area (Å²) in [5.74, 6) is 0.803. The van der Waals surface area contributed by atoms with E-state index in [0.29, 0.717) is 12.1 Å². The Labute approximate surface area is 62.7 Å². The molecule has 2 N–H and O–H groups in total. The number of hydrogen-bond acceptors (Lipinski definition) is 2. The highest BCUT2D eigenvalue weighted by Crippen LogP contribution is 2.33. The van der Waals surface area contributed by atoms with Gasteiger partial charge in [0.1, 0.15) is 0 Å². The van der Waals surface area contributed by atoms with Crippen LogP contribution in [0.4, 0.5) is 0 Å². The summed E-state index contributed by atoms with van der Waals surface area (Å²) in [6.07, 6.45) is 4.01. The van der Waals surface area contributed by atoms with Crippen molar-refractivity contribution in [3.05, 3.63) is 0 Å². The Morgan fingerprint density at radius 3 is 2.60 bits per heavy atom. The van der Waals surface area contributed by atoms with Gasteiger partial charge in [-0.2, -0.15) is 0 Å². The van der Waals surface area contributed by atoms with Crippen LogP contribution in [0, 0.1) is 5.92 Å². The van der Waals surface area contributed by atoms with Crippen molar-refractivity contribution in [2.24, 2.45) is 11.7 Å². The fourth-order valence-corrected chi connectivity index (χ4v) is 1.20. The van der Waals surface area contributed by atoms with E-state index in [2.05, 4.69) is 6.92 Å². The van der Waals surface area contributed by atoms with E-state index < -0.39 is 0 Å². The van der Waals surface area contributed by atoms with E-state index in [4.69, 9.17) is 10.5 Å². The summed E-state index contributed by atoms with van der Waals surface area (Å²) in [4.78, 5) is 0. The van der Waals surface area contributed by atoms with E-state index in [1.54, 1.807) is 7.11 Å². The molecule has 2 atom stereocenters. The van der Waals surface area contributed by atoms with Crippen LogP contribution in [0.5, 0.6) is 0 Å². The van der Waals surface area contributed by atoms with E-state index >= 15 is 0 Å². The molecule has 1 fully saturated rings. The zero-order valence-electron chi connectivity index (χ0n) is 6.84. The lowest BCUT2D eigenvalue weighted by atomic mass is 10.1. The predicted molar refractivity (Wildman–Crippen MR) is 41.8 cm³/mol. The number of rotatable bonds is 4. The maximum absolute atomic E-state index is 5.88. The first-order valence-corrected chi connectivity index (χ1v) is 4.02. The highest BCUT2D eigenvalue weighted by molar-refractivity contribution is 4.84. The van der Waals surface area contributed by atoms with Gasteiger partial charge in [0, 0.05) is 13.2 Å². The van der Waals surface area contributed by atoms with E-state index in [1.165, 1.54) is 12.8 Å². The summed E-state index contributed by atoms with van der Waals surface area (Å²) in [5, 5.41) is 0. The quantitative estimate of drug-likeness (QED) is 0.640. The van der Waals surface area contributed by atoms with Crippen LogP contribution < -0.4 is 5.73 Å². The van der Waals surface area contributed by atoms with Crippen LogP contribution in [0.2, 0.25) is 0 Å². The van der Waals surface area contributed by atoms with Crippen molar-refractivity contribution in [3.63, 3.8) is 0 Å². The third-order valence-corrected chi connectivity index (χ3v) is 2.23. The first-order chi connectivity index (χ1) is 4.74. The van der Waals surface area contributed by atoms with Crippen molar-refractivity contribution < 1.29 is 4.74 Å². The lowest BCUT2D eigenvalue weighted by Crippen LogP contribution is -2.27. The monoisotopic (exact) mass is 143 g/mol. The number of hydrogen-bond donors (Lipinski definition) is 1. The second kappa shape index (κ2) is 3.35. The van der Waals surface area contributed by atoms with Crippen molar-refractivity contribution in [1.29, 1.82) is 0 Å². The minimum Gasteiger partial charge on any atom is -0.382 e. The van der Waals surface area contributed by atoms with Crippen LogP contribution >= 0.6 is 0 Å². The van der Waals surface area contributed by atoms with E-state index in [-0.39, 0.29) is 0 Å². The molecule has 1 rings (SSSR count). The SMILES string of the molecule is COC(C)CC(N)C1CC1. The van der Waals surface area contributed by atoms with Gasteiger partial charge >= 0.3 is 0 Å². The molecule has 0 radical (unpaired) electrons. The molecule has 2 unspecified atom stereocenters. The molecule has 0 aromatic heterocycles. The van der Waals surface area contributed by atoms with Gasteiger partial charge < -0.3 is 10.5 Å². The van der Waals surface area contributed by atoms with Gasteiger partial charge in [0.2, 0.25) is 0 Å². The number of ether oxygens (including phenoxy) is 1. The van der Waals surface area contributed by atoms with Crippen LogP contribution in [0.25, 0.3) is 0 Å². The fourth-order valence-electron chi connectivity index (χ4n) is 1.20. The molecule has 0 saturated heterocycles. The molecule has 0 spiro atoms. The van der Waals surface area contributed by atoms with Gasteiger partial charge in [-0.15, -0.1) is 0 Å². The molecule has 10 heavy (non-hydrogen) atoms. The summed E-state index contributed by atoms with van der Waals surface area (Å²) in [6, 6.07) is 0.384. The van der Waals surface area contributed by atoms with E-state index in [0.717, 1.165) is 12.3 Å². The molecule has 0 aliphatic heterocycles.